The number of pyridine rings is 1. The zero-order chi connectivity index (χ0) is 21.8. The Morgan fingerprint density at radius 2 is 1.72 bits per heavy atom. The minimum atomic E-state index is 0.125. The maximum Gasteiger partial charge on any atom is 0.253 e. The number of hydrogen-bond donors (Lipinski definition) is 1. The van der Waals surface area contributed by atoms with Gasteiger partial charge in [-0.1, -0.05) is 30.3 Å². The van der Waals surface area contributed by atoms with Crippen molar-refractivity contribution < 1.29 is 4.79 Å². The Morgan fingerprint density at radius 1 is 0.938 bits per heavy atom. The maximum atomic E-state index is 12.7. The van der Waals surface area contributed by atoms with Crippen molar-refractivity contribution in [1.82, 2.24) is 19.9 Å². The third-order valence-corrected chi connectivity index (χ3v) is 6.00. The van der Waals surface area contributed by atoms with E-state index in [2.05, 4.69) is 10.3 Å². The summed E-state index contributed by atoms with van der Waals surface area (Å²) < 4.78 is 0. The Bertz CT molecular complexity index is 1200. The first-order valence-electron chi connectivity index (χ1n) is 11.0. The lowest BCUT2D eigenvalue weighted by Gasteiger charge is -2.32. The molecule has 1 aliphatic rings. The number of fused-ring (bicyclic) bond motifs is 1. The maximum absolute atomic E-state index is 12.7. The van der Waals surface area contributed by atoms with Crippen molar-refractivity contribution in [3.63, 3.8) is 0 Å². The Hall–Kier alpha value is -3.80. The number of nitrogens with one attached hydrogen (secondary N) is 1. The molecule has 1 saturated heterocycles. The Kier molecular flexibility index (Phi) is 5.75. The van der Waals surface area contributed by atoms with Gasteiger partial charge in [0.05, 0.1) is 5.52 Å². The monoisotopic (exact) mass is 423 g/mol. The molecule has 6 heteroatoms. The average Bonchev–Trinajstić information content (AvgIpc) is 2.88. The molecule has 0 radical (unpaired) electrons. The lowest BCUT2D eigenvalue weighted by Crippen LogP contribution is -2.39. The summed E-state index contributed by atoms with van der Waals surface area (Å²) in [6, 6.07) is 21.5. The zero-order valence-corrected chi connectivity index (χ0v) is 17.8. The highest BCUT2D eigenvalue weighted by Gasteiger charge is 2.23. The first-order valence-corrected chi connectivity index (χ1v) is 11.0. The molecule has 0 spiro atoms. The van der Waals surface area contributed by atoms with Crippen molar-refractivity contribution >= 4 is 22.6 Å². The number of rotatable bonds is 5. The van der Waals surface area contributed by atoms with E-state index >= 15 is 0 Å². The van der Waals surface area contributed by atoms with Crippen molar-refractivity contribution in [2.24, 2.45) is 5.92 Å². The fraction of sp³-hybridized carbons (Fsp3) is 0.231. The SMILES string of the molecule is O=C(c1ccccc1)N1CCC(CNc2nc(-c3cccnc3)nc3ccccc23)CC1. The van der Waals surface area contributed by atoms with Crippen LogP contribution in [0.25, 0.3) is 22.3 Å². The molecular weight excluding hydrogens is 398 g/mol. The second-order valence-electron chi connectivity index (χ2n) is 8.14. The van der Waals surface area contributed by atoms with E-state index in [-0.39, 0.29) is 5.91 Å². The fourth-order valence-corrected chi connectivity index (χ4v) is 4.18. The van der Waals surface area contributed by atoms with Gasteiger partial charge in [0.15, 0.2) is 5.82 Å². The van der Waals surface area contributed by atoms with Crippen molar-refractivity contribution in [3.8, 4) is 11.4 Å². The van der Waals surface area contributed by atoms with Crippen molar-refractivity contribution in [3.05, 3.63) is 84.7 Å². The van der Waals surface area contributed by atoms with Crippen LogP contribution in [0.1, 0.15) is 23.2 Å². The predicted molar refractivity (Wildman–Crippen MR) is 126 cm³/mol. The summed E-state index contributed by atoms with van der Waals surface area (Å²) in [4.78, 5) is 28.4. The van der Waals surface area contributed by atoms with Gasteiger partial charge >= 0.3 is 0 Å². The van der Waals surface area contributed by atoms with E-state index in [1.165, 1.54) is 0 Å². The van der Waals surface area contributed by atoms with Crippen LogP contribution >= 0.6 is 0 Å². The predicted octanol–water partition coefficient (Wildman–Crippen LogP) is 4.66. The zero-order valence-electron chi connectivity index (χ0n) is 17.8. The Labute approximate surface area is 187 Å². The Balaban J connectivity index is 1.27. The summed E-state index contributed by atoms with van der Waals surface area (Å²) in [7, 11) is 0. The molecule has 1 fully saturated rings. The topological polar surface area (TPSA) is 71.0 Å². The van der Waals surface area contributed by atoms with Crippen LogP contribution in [0.3, 0.4) is 0 Å². The highest BCUT2D eigenvalue weighted by Crippen LogP contribution is 2.26. The summed E-state index contributed by atoms with van der Waals surface area (Å²) in [5.41, 5.74) is 2.57. The van der Waals surface area contributed by atoms with E-state index in [1.54, 1.807) is 12.4 Å². The third kappa shape index (κ3) is 4.30. The van der Waals surface area contributed by atoms with E-state index in [9.17, 15) is 4.79 Å². The van der Waals surface area contributed by atoms with Gasteiger partial charge < -0.3 is 10.2 Å². The molecule has 1 amide bonds. The summed E-state index contributed by atoms with van der Waals surface area (Å²) in [6.45, 7) is 2.39. The van der Waals surface area contributed by atoms with Crippen LogP contribution in [0.4, 0.5) is 5.82 Å². The molecule has 2 aromatic heterocycles. The summed E-state index contributed by atoms with van der Waals surface area (Å²) in [5, 5.41) is 4.58. The molecular formula is C26H25N5O. The molecule has 0 saturated carbocycles. The van der Waals surface area contributed by atoms with E-state index in [1.807, 2.05) is 71.6 Å². The molecule has 1 N–H and O–H groups in total. The van der Waals surface area contributed by atoms with Gasteiger partial charge in [-0.2, -0.15) is 0 Å². The number of likely N-dealkylation sites (tertiary alicyclic amines) is 1. The number of carbonyl (C=O) groups excluding carboxylic acids is 1. The molecule has 5 rings (SSSR count). The molecule has 6 nitrogen and oxygen atoms in total. The van der Waals surface area contributed by atoms with Gasteiger partial charge in [0, 0.05) is 48.5 Å². The smallest absolute Gasteiger partial charge is 0.253 e. The first kappa shape index (κ1) is 20.1. The summed E-state index contributed by atoms with van der Waals surface area (Å²) in [6.07, 6.45) is 5.49. The minimum absolute atomic E-state index is 0.125. The molecule has 0 unspecified atom stereocenters. The Morgan fingerprint density at radius 3 is 2.50 bits per heavy atom. The van der Waals surface area contributed by atoms with Crippen LogP contribution in [0.5, 0.6) is 0 Å². The minimum Gasteiger partial charge on any atom is -0.369 e. The van der Waals surface area contributed by atoms with Crippen molar-refractivity contribution in [2.75, 3.05) is 25.0 Å². The van der Waals surface area contributed by atoms with Crippen LogP contribution in [0.15, 0.2) is 79.1 Å². The number of benzene rings is 2. The van der Waals surface area contributed by atoms with E-state index in [0.717, 1.165) is 60.3 Å². The molecule has 0 aliphatic carbocycles. The normalized spacial score (nSPS) is 14.4. The second-order valence-corrected chi connectivity index (χ2v) is 8.14. The summed E-state index contributed by atoms with van der Waals surface area (Å²) >= 11 is 0. The lowest BCUT2D eigenvalue weighted by molar-refractivity contribution is 0.0695. The largest absolute Gasteiger partial charge is 0.369 e. The molecule has 0 bridgehead atoms. The highest BCUT2D eigenvalue weighted by molar-refractivity contribution is 5.94. The molecule has 160 valence electrons. The van der Waals surface area contributed by atoms with Gasteiger partial charge in [0.1, 0.15) is 5.82 Å². The number of carbonyl (C=O) groups is 1. The lowest BCUT2D eigenvalue weighted by atomic mass is 9.96. The molecule has 4 aromatic rings. The van der Waals surface area contributed by atoms with Crippen LogP contribution in [0.2, 0.25) is 0 Å². The van der Waals surface area contributed by atoms with Gasteiger partial charge in [0.2, 0.25) is 0 Å². The number of anilines is 1. The molecule has 2 aromatic carbocycles. The number of nitrogens with zero attached hydrogens (tertiary/aromatic N) is 4. The van der Waals surface area contributed by atoms with E-state index < -0.39 is 0 Å². The molecule has 32 heavy (non-hydrogen) atoms. The van der Waals surface area contributed by atoms with E-state index in [4.69, 9.17) is 9.97 Å². The van der Waals surface area contributed by atoms with Gasteiger partial charge in [-0.05, 0) is 55.2 Å². The van der Waals surface area contributed by atoms with Crippen LogP contribution in [-0.2, 0) is 0 Å². The second kappa shape index (κ2) is 9.14. The molecule has 0 atom stereocenters. The number of amides is 1. The van der Waals surface area contributed by atoms with E-state index in [0.29, 0.717) is 11.7 Å². The summed E-state index contributed by atoms with van der Waals surface area (Å²) in [5.74, 6) is 2.13. The standard InChI is InChI=1S/C26H25N5O/c32-26(20-7-2-1-3-8-20)31-15-12-19(13-16-31)17-28-25-22-10-4-5-11-23(22)29-24(30-25)21-9-6-14-27-18-21/h1-11,14,18-19H,12-13,15-17H2,(H,28,29,30). The van der Waals surface area contributed by atoms with Crippen molar-refractivity contribution in [2.45, 2.75) is 12.8 Å². The van der Waals surface area contributed by atoms with Crippen LogP contribution in [0, 0.1) is 5.92 Å². The quantitative estimate of drug-likeness (QED) is 0.506. The van der Waals surface area contributed by atoms with Gasteiger partial charge in [-0.25, -0.2) is 9.97 Å². The third-order valence-electron chi connectivity index (χ3n) is 6.00. The van der Waals surface area contributed by atoms with Gasteiger partial charge in [-0.3, -0.25) is 9.78 Å². The number of aromatic nitrogens is 3. The number of piperidine rings is 1. The van der Waals surface area contributed by atoms with Gasteiger partial charge in [-0.15, -0.1) is 0 Å². The van der Waals surface area contributed by atoms with Crippen molar-refractivity contribution in [1.29, 1.82) is 0 Å². The first-order chi connectivity index (χ1) is 15.8. The van der Waals surface area contributed by atoms with Crippen LogP contribution < -0.4 is 5.32 Å². The highest BCUT2D eigenvalue weighted by atomic mass is 16.2. The number of para-hydroxylation sites is 1. The number of hydrogen-bond acceptors (Lipinski definition) is 5. The molecule has 3 heterocycles. The fourth-order valence-electron chi connectivity index (χ4n) is 4.18. The average molecular weight is 424 g/mol. The molecule has 1 aliphatic heterocycles. The van der Waals surface area contributed by atoms with Gasteiger partial charge in [0.25, 0.3) is 5.91 Å². The van der Waals surface area contributed by atoms with Crippen LogP contribution in [-0.4, -0.2) is 45.4 Å².